The van der Waals surface area contributed by atoms with Crippen LogP contribution in [-0.4, -0.2) is 32.2 Å². The third-order valence-electron chi connectivity index (χ3n) is 3.73. The van der Waals surface area contributed by atoms with E-state index < -0.39 is 0 Å². The third kappa shape index (κ3) is 6.01. The number of nitrogens with one attached hydrogen (secondary N) is 1. The molecule has 6 nitrogen and oxygen atoms in total. The normalized spacial score (nSPS) is 10.6. The van der Waals surface area contributed by atoms with Crippen molar-refractivity contribution in [1.82, 2.24) is 14.8 Å². The Morgan fingerprint density at radius 1 is 1.16 bits per heavy atom. The molecule has 0 saturated carbocycles. The number of aromatic nitrogens is 3. The molecule has 0 fully saturated rings. The maximum Gasteiger partial charge on any atom is 0.224 e. The first-order chi connectivity index (χ1) is 12.1. The summed E-state index contributed by atoms with van der Waals surface area (Å²) in [6, 6.07) is 6.97. The van der Waals surface area contributed by atoms with E-state index in [0.29, 0.717) is 23.4 Å². The lowest BCUT2D eigenvalue weighted by Crippen LogP contribution is -2.10. The zero-order valence-corrected chi connectivity index (χ0v) is 15.5. The Morgan fingerprint density at radius 3 is 2.60 bits per heavy atom. The van der Waals surface area contributed by atoms with Crippen LogP contribution in [0.3, 0.4) is 0 Å². The number of rotatable bonds is 10. The molecule has 2 rings (SSSR count). The highest BCUT2D eigenvalue weighted by atomic mass is 32.2. The molecule has 1 heterocycles. The Balaban J connectivity index is 1.88. The van der Waals surface area contributed by atoms with E-state index in [1.807, 2.05) is 4.57 Å². The number of thioether (sulfide) groups is 1. The average Bonchev–Trinajstić information content (AvgIpc) is 3.08. The number of amides is 1. The fourth-order valence-corrected chi connectivity index (χ4v) is 3.08. The number of nitrogens with zero attached hydrogens (tertiary/aromatic N) is 3. The van der Waals surface area contributed by atoms with Gasteiger partial charge in [0.15, 0.2) is 10.9 Å². The van der Waals surface area contributed by atoms with Gasteiger partial charge in [-0.25, -0.2) is 0 Å². The topological polar surface area (TPSA) is 76.9 Å². The van der Waals surface area contributed by atoms with Crippen LogP contribution in [-0.2, 0) is 11.3 Å². The summed E-state index contributed by atoms with van der Waals surface area (Å²) < 4.78 is 2.00. The van der Waals surface area contributed by atoms with E-state index >= 15 is 0 Å². The highest BCUT2D eigenvalue weighted by Gasteiger charge is 2.11. The maximum atomic E-state index is 12.3. The summed E-state index contributed by atoms with van der Waals surface area (Å²) in [4.78, 5) is 23.7. The summed E-state index contributed by atoms with van der Waals surface area (Å²) in [6.45, 7) is 4.84. The standard InChI is InChI=1S/C18H24N4O2S/c1-3-5-6-11-22-13-19-21-18(22)25-12-16(23)14-7-9-15(10-8-14)20-17(24)4-2/h7-10,13H,3-6,11-12H2,1-2H3,(H,20,24). The van der Waals surface area contributed by atoms with Crippen molar-refractivity contribution in [3.8, 4) is 0 Å². The van der Waals surface area contributed by atoms with Gasteiger partial charge in [-0.15, -0.1) is 10.2 Å². The second kappa shape index (κ2) is 9.98. The molecule has 0 spiro atoms. The molecule has 0 atom stereocenters. The van der Waals surface area contributed by atoms with Gasteiger partial charge in [-0.1, -0.05) is 38.5 Å². The Morgan fingerprint density at radius 2 is 1.92 bits per heavy atom. The summed E-state index contributed by atoms with van der Waals surface area (Å²) in [5.41, 5.74) is 1.32. The van der Waals surface area contributed by atoms with Gasteiger partial charge in [0.2, 0.25) is 5.91 Å². The first kappa shape index (κ1) is 19.2. The summed E-state index contributed by atoms with van der Waals surface area (Å²) >= 11 is 1.40. The fraction of sp³-hybridized carbons (Fsp3) is 0.444. The number of hydrogen-bond donors (Lipinski definition) is 1. The number of Topliss-reactive ketones (excluding diaryl/α,β-unsaturated/α-hetero) is 1. The lowest BCUT2D eigenvalue weighted by atomic mass is 10.1. The molecule has 0 radical (unpaired) electrons. The van der Waals surface area contributed by atoms with E-state index in [2.05, 4.69) is 22.4 Å². The number of carbonyl (C=O) groups excluding carboxylic acids is 2. The number of hydrogen-bond acceptors (Lipinski definition) is 5. The maximum absolute atomic E-state index is 12.3. The van der Waals surface area contributed by atoms with Crippen molar-refractivity contribution in [2.45, 2.75) is 51.2 Å². The lowest BCUT2D eigenvalue weighted by molar-refractivity contribution is -0.115. The van der Waals surface area contributed by atoms with Gasteiger partial charge in [0.25, 0.3) is 0 Å². The SMILES string of the molecule is CCCCCn1cnnc1SCC(=O)c1ccc(NC(=O)CC)cc1. The molecule has 0 aliphatic heterocycles. The van der Waals surface area contributed by atoms with E-state index in [-0.39, 0.29) is 11.7 Å². The number of benzene rings is 1. The van der Waals surface area contributed by atoms with Gasteiger partial charge in [-0.2, -0.15) is 0 Å². The molecule has 0 aliphatic rings. The molecule has 134 valence electrons. The molecule has 0 bridgehead atoms. The molecule has 1 N–H and O–H groups in total. The predicted molar refractivity (Wildman–Crippen MR) is 100.0 cm³/mol. The Kier molecular flexibility index (Phi) is 7.66. The molecule has 1 amide bonds. The molecular formula is C18H24N4O2S. The first-order valence-electron chi connectivity index (χ1n) is 8.57. The van der Waals surface area contributed by atoms with Crippen LogP contribution in [0.2, 0.25) is 0 Å². The number of aryl methyl sites for hydroxylation is 1. The van der Waals surface area contributed by atoms with Gasteiger partial charge in [0.05, 0.1) is 5.75 Å². The van der Waals surface area contributed by atoms with Gasteiger partial charge in [0.1, 0.15) is 6.33 Å². The van der Waals surface area contributed by atoms with E-state index in [4.69, 9.17) is 0 Å². The van der Waals surface area contributed by atoms with E-state index in [9.17, 15) is 9.59 Å². The van der Waals surface area contributed by atoms with Crippen molar-refractivity contribution in [3.63, 3.8) is 0 Å². The summed E-state index contributed by atoms with van der Waals surface area (Å²) in [5, 5.41) is 11.6. The van der Waals surface area contributed by atoms with Crippen LogP contribution in [0, 0.1) is 0 Å². The van der Waals surface area contributed by atoms with Crippen LogP contribution < -0.4 is 5.32 Å². The summed E-state index contributed by atoms with van der Waals surface area (Å²) in [7, 11) is 0. The number of ketones is 1. The molecule has 1 aromatic carbocycles. The minimum Gasteiger partial charge on any atom is -0.326 e. The van der Waals surface area contributed by atoms with Crippen LogP contribution in [0.5, 0.6) is 0 Å². The van der Waals surface area contributed by atoms with Crippen LogP contribution in [0.25, 0.3) is 0 Å². The Hall–Kier alpha value is -2.15. The van der Waals surface area contributed by atoms with Crippen LogP contribution in [0.15, 0.2) is 35.7 Å². The molecule has 0 aliphatic carbocycles. The van der Waals surface area contributed by atoms with Crippen molar-refractivity contribution in [3.05, 3.63) is 36.2 Å². The van der Waals surface area contributed by atoms with Crippen molar-refractivity contribution >= 4 is 29.1 Å². The summed E-state index contributed by atoms with van der Waals surface area (Å²) in [6.07, 6.45) is 5.56. The Bertz CT molecular complexity index is 697. The van der Waals surface area contributed by atoms with E-state index in [1.54, 1.807) is 37.5 Å². The predicted octanol–water partition coefficient (Wildman–Crippen LogP) is 3.79. The first-order valence-corrected chi connectivity index (χ1v) is 9.56. The zero-order valence-electron chi connectivity index (χ0n) is 14.7. The third-order valence-corrected chi connectivity index (χ3v) is 4.71. The Labute approximate surface area is 152 Å². The van der Waals surface area contributed by atoms with Crippen LogP contribution in [0.4, 0.5) is 5.69 Å². The van der Waals surface area contributed by atoms with Crippen molar-refractivity contribution in [1.29, 1.82) is 0 Å². The number of carbonyl (C=O) groups is 2. The van der Waals surface area contributed by atoms with Gasteiger partial charge >= 0.3 is 0 Å². The van der Waals surface area contributed by atoms with Gasteiger partial charge in [-0.3, -0.25) is 9.59 Å². The quantitative estimate of drug-likeness (QED) is 0.396. The molecule has 2 aromatic rings. The zero-order chi connectivity index (χ0) is 18.1. The molecule has 7 heteroatoms. The minimum atomic E-state index is -0.0444. The largest absolute Gasteiger partial charge is 0.326 e. The van der Waals surface area contributed by atoms with E-state index in [1.165, 1.54) is 18.2 Å². The number of unbranched alkanes of at least 4 members (excludes halogenated alkanes) is 2. The van der Waals surface area contributed by atoms with Gasteiger partial charge in [-0.05, 0) is 30.7 Å². The van der Waals surface area contributed by atoms with Crippen molar-refractivity contribution < 1.29 is 9.59 Å². The molecule has 25 heavy (non-hydrogen) atoms. The highest BCUT2D eigenvalue weighted by Crippen LogP contribution is 2.18. The second-order valence-electron chi connectivity index (χ2n) is 5.70. The number of anilines is 1. The summed E-state index contributed by atoms with van der Waals surface area (Å²) in [5.74, 6) is 0.297. The highest BCUT2D eigenvalue weighted by molar-refractivity contribution is 7.99. The van der Waals surface area contributed by atoms with E-state index in [0.717, 1.165) is 24.5 Å². The lowest BCUT2D eigenvalue weighted by Gasteiger charge is -2.06. The van der Waals surface area contributed by atoms with Gasteiger partial charge < -0.3 is 9.88 Å². The monoisotopic (exact) mass is 360 g/mol. The van der Waals surface area contributed by atoms with Crippen molar-refractivity contribution in [2.75, 3.05) is 11.1 Å². The molecule has 0 saturated heterocycles. The minimum absolute atomic E-state index is 0.0291. The van der Waals surface area contributed by atoms with Crippen molar-refractivity contribution in [2.24, 2.45) is 0 Å². The van der Waals surface area contributed by atoms with Gasteiger partial charge in [0, 0.05) is 24.2 Å². The van der Waals surface area contributed by atoms with Crippen LogP contribution >= 0.6 is 11.8 Å². The molecule has 0 unspecified atom stereocenters. The second-order valence-corrected chi connectivity index (χ2v) is 6.65. The fourth-order valence-electron chi connectivity index (χ4n) is 2.24. The average molecular weight is 360 g/mol. The van der Waals surface area contributed by atoms with Crippen LogP contribution in [0.1, 0.15) is 49.9 Å². The molecular weight excluding hydrogens is 336 g/mol. The molecule has 1 aromatic heterocycles. The smallest absolute Gasteiger partial charge is 0.224 e.